The Hall–Kier alpha value is -1.98. The second kappa shape index (κ2) is 8.24. The molecule has 0 heterocycles. The minimum absolute atomic E-state index is 0.129. The van der Waals surface area contributed by atoms with Gasteiger partial charge in [0, 0.05) is 12.2 Å². The van der Waals surface area contributed by atoms with Crippen LogP contribution in [-0.4, -0.2) is 49.8 Å². The van der Waals surface area contributed by atoms with E-state index < -0.39 is 39.7 Å². The van der Waals surface area contributed by atoms with E-state index in [-0.39, 0.29) is 6.61 Å². The van der Waals surface area contributed by atoms with Gasteiger partial charge in [-0.3, -0.25) is 15.0 Å². The van der Waals surface area contributed by atoms with Crippen LogP contribution >= 0.6 is 0 Å². The normalized spacial score (nSPS) is 12.9. The van der Waals surface area contributed by atoms with Crippen LogP contribution in [0.2, 0.25) is 0 Å². The zero-order chi connectivity index (χ0) is 15.8. The molecule has 0 spiro atoms. The fourth-order valence-electron chi connectivity index (χ4n) is 0.853. The van der Waals surface area contributed by atoms with Crippen molar-refractivity contribution in [1.82, 2.24) is 10.3 Å². The fourth-order valence-corrected chi connectivity index (χ4v) is 1.81. The number of esters is 1. The van der Waals surface area contributed by atoms with Gasteiger partial charge in [0.15, 0.2) is 0 Å². The molecule has 0 aliphatic heterocycles. The van der Waals surface area contributed by atoms with Gasteiger partial charge < -0.3 is 15.6 Å². The molecule has 20 heavy (non-hydrogen) atoms. The SMILES string of the molecule is CCOC(=O)/C=C/C(=O)NNS(=O)(=O)CC(N)C(=O)O. The Balaban J connectivity index is 4.30. The van der Waals surface area contributed by atoms with Crippen molar-refractivity contribution in [2.75, 3.05) is 12.4 Å². The van der Waals surface area contributed by atoms with Gasteiger partial charge in [0.2, 0.25) is 10.0 Å². The summed E-state index contributed by atoms with van der Waals surface area (Å²) in [7, 11) is -4.11. The van der Waals surface area contributed by atoms with Crippen LogP contribution in [0, 0.1) is 0 Å². The lowest BCUT2D eigenvalue weighted by Gasteiger charge is -2.09. The van der Waals surface area contributed by atoms with Crippen molar-refractivity contribution in [3.63, 3.8) is 0 Å². The summed E-state index contributed by atoms with van der Waals surface area (Å²) < 4.78 is 27.1. The summed E-state index contributed by atoms with van der Waals surface area (Å²) in [6, 6.07) is -1.63. The van der Waals surface area contributed by atoms with Crippen LogP contribution in [-0.2, 0) is 29.1 Å². The molecule has 0 aliphatic carbocycles. The Labute approximate surface area is 115 Å². The number of carboxylic acids is 1. The lowest BCUT2D eigenvalue weighted by atomic mass is 10.4. The average molecular weight is 309 g/mol. The van der Waals surface area contributed by atoms with Crippen LogP contribution in [0.15, 0.2) is 12.2 Å². The molecule has 0 fully saturated rings. The van der Waals surface area contributed by atoms with Gasteiger partial charge in [0.05, 0.1) is 12.4 Å². The van der Waals surface area contributed by atoms with Gasteiger partial charge in [-0.2, -0.15) is 0 Å². The topological polar surface area (TPSA) is 165 Å². The number of rotatable bonds is 8. The number of hydrogen-bond acceptors (Lipinski definition) is 7. The molecule has 0 saturated heterocycles. The quantitative estimate of drug-likeness (QED) is 0.216. The summed E-state index contributed by atoms with van der Waals surface area (Å²) in [5, 5.41) is 8.45. The number of aliphatic carboxylic acids is 1. The van der Waals surface area contributed by atoms with Crippen molar-refractivity contribution in [3.8, 4) is 0 Å². The zero-order valence-electron chi connectivity index (χ0n) is 10.5. The summed E-state index contributed by atoms with van der Waals surface area (Å²) >= 11 is 0. The van der Waals surface area contributed by atoms with E-state index in [2.05, 4.69) is 4.74 Å². The van der Waals surface area contributed by atoms with Gasteiger partial charge in [-0.05, 0) is 6.92 Å². The maximum absolute atomic E-state index is 11.3. The largest absolute Gasteiger partial charge is 0.480 e. The van der Waals surface area contributed by atoms with E-state index >= 15 is 0 Å². The minimum Gasteiger partial charge on any atom is -0.480 e. The third-order valence-electron chi connectivity index (χ3n) is 1.70. The molecule has 0 rings (SSSR count). The molecule has 0 bridgehead atoms. The van der Waals surface area contributed by atoms with E-state index in [0.717, 1.165) is 12.2 Å². The number of carboxylic acid groups (broad SMARTS) is 1. The van der Waals surface area contributed by atoms with Crippen molar-refractivity contribution in [1.29, 1.82) is 0 Å². The molecule has 10 nitrogen and oxygen atoms in total. The van der Waals surface area contributed by atoms with Gasteiger partial charge in [0.25, 0.3) is 5.91 Å². The van der Waals surface area contributed by atoms with Crippen LogP contribution in [0.3, 0.4) is 0 Å². The standard InChI is InChI=1S/C9H15N3O7S/c1-2-19-8(14)4-3-7(13)11-12-20(17,18)5-6(10)9(15)16/h3-4,6,12H,2,5,10H2,1H3,(H,11,13)(H,15,16)/b4-3+. The second-order valence-electron chi connectivity index (χ2n) is 3.40. The first-order valence-corrected chi connectivity index (χ1v) is 6.96. The molecule has 1 unspecified atom stereocenters. The minimum atomic E-state index is -4.11. The predicted molar refractivity (Wildman–Crippen MR) is 66.4 cm³/mol. The molecule has 0 saturated carbocycles. The van der Waals surface area contributed by atoms with Crippen molar-refractivity contribution >= 4 is 27.9 Å². The molecule has 0 aliphatic rings. The maximum atomic E-state index is 11.3. The monoisotopic (exact) mass is 309 g/mol. The molecule has 5 N–H and O–H groups in total. The first-order chi connectivity index (χ1) is 9.18. The van der Waals surface area contributed by atoms with Crippen LogP contribution < -0.4 is 16.0 Å². The number of hydrazine groups is 1. The Morgan fingerprint density at radius 3 is 2.45 bits per heavy atom. The number of carbonyl (C=O) groups excluding carboxylic acids is 2. The zero-order valence-corrected chi connectivity index (χ0v) is 11.3. The van der Waals surface area contributed by atoms with E-state index in [1.54, 1.807) is 17.2 Å². The first-order valence-electron chi connectivity index (χ1n) is 5.30. The highest BCUT2D eigenvalue weighted by Gasteiger charge is 2.21. The van der Waals surface area contributed by atoms with Crippen LogP contribution in [0.25, 0.3) is 0 Å². The number of ether oxygens (including phenoxy) is 1. The number of hydrogen-bond donors (Lipinski definition) is 4. The Morgan fingerprint density at radius 1 is 1.35 bits per heavy atom. The molecule has 114 valence electrons. The van der Waals surface area contributed by atoms with Crippen LogP contribution in [0.5, 0.6) is 0 Å². The molecular weight excluding hydrogens is 294 g/mol. The van der Waals surface area contributed by atoms with Gasteiger partial charge in [-0.25, -0.2) is 13.2 Å². The number of nitrogens with one attached hydrogen (secondary N) is 2. The smallest absolute Gasteiger partial charge is 0.330 e. The third kappa shape index (κ3) is 8.18. The van der Waals surface area contributed by atoms with Crippen molar-refractivity contribution in [2.45, 2.75) is 13.0 Å². The summed E-state index contributed by atoms with van der Waals surface area (Å²) in [6.45, 7) is 1.70. The van der Waals surface area contributed by atoms with Crippen LogP contribution in [0.1, 0.15) is 6.92 Å². The summed E-state index contributed by atoms with van der Waals surface area (Å²) in [5.74, 6) is -4.11. The lowest BCUT2D eigenvalue weighted by Crippen LogP contribution is -2.47. The number of nitrogens with two attached hydrogens (primary N) is 1. The lowest BCUT2D eigenvalue weighted by molar-refractivity contribution is -0.138. The van der Waals surface area contributed by atoms with Crippen molar-refractivity contribution in [3.05, 3.63) is 12.2 Å². The first kappa shape index (κ1) is 18.0. The predicted octanol–water partition coefficient (Wildman–Crippen LogP) is -2.53. The number of sulfonamides is 1. The van der Waals surface area contributed by atoms with Crippen LogP contribution in [0.4, 0.5) is 0 Å². The van der Waals surface area contributed by atoms with E-state index in [4.69, 9.17) is 10.8 Å². The molecule has 11 heteroatoms. The highest BCUT2D eigenvalue weighted by molar-refractivity contribution is 7.89. The van der Waals surface area contributed by atoms with Gasteiger partial charge in [-0.15, -0.1) is 4.83 Å². The summed E-state index contributed by atoms with van der Waals surface area (Å²) in [4.78, 5) is 34.0. The van der Waals surface area contributed by atoms with Crippen molar-refractivity contribution in [2.24, 2.45) is 5.73 Å². The van der Waals surface area contributed by atoms with Gasteiger partial charge in [0.1, 0.15) is 6.04 Å². The highest BCUT2D eigenvalue weighted by atomic mass is 32.2. The van der Waals surface area contributed by atoms with E-state index in [1.807, 2.05) is 0 Å². The fraction of sp³-hybridized carbons (Fsp3) is 0.444. The molecule has 0 aromatic rings. The molecule has 0 aromatic heterocycles. The summed E-state index contributed by atoms with van der Waals surface area (Å²) in [6.07, 6.45) is 1.55. The number of amides is 1. The van der Waals surface area contributed by atoms with E-state index in [0.29, 0.717) is 0 Å². The number of carbonyl (C=O) groups is 3. The van der Waals surface area contributed by atoms with E-state index in [9.17, 15) is 22.8 Å². The second-order valence-corrected chi connectivity index (χ2v) is 5.17. The Morgan fingerprint density at radius 2 is 1.95 bits per heavy atom. The Bertz CT molecular complexity index is 500. The van der Waals surface area contributed by atoms with Crippen molar-refractivity contribution < 1.29 is 32.6 Å². The molecule has 1 atom stereocenters. The van der Waals surface area contributed by atoms with Gasteiger partial charge in [-0.1, -0.05) is 0 Å². The molecule has 0 radical (unpaired) electrons. The molecule has 0 aromatic carbocycles. The average Bonchev–Trinajstić information content (AvgIpc) is 2.33. The van der Waals surface area contributed by atoms with E-state index in [1.165, 1.54) is 0 Å². The van der Waals surface area contributed by atoms with Gasteiger partial charge >= 0.3 is 11.9 Å². The maximum Gasteiger partial charge on any atom is 0.330 e. The Kier molecular flexibility index (Phi) is 7.43. The molecular formula is C9H15N3O7S. The molecule has 1 amide bonds. The third-order valence-corrected chi connectivity index (χ3v) is 2.91. The summed E-state index contributed by atoms with van der Waals surface area (Å²) in [5.41, 5.74) is 6.78. The highest BCUT2D eigenvalue weighted by Crippen LogP contribution is 1.88.